The molecule has 8 nitrogen and oxygen atoms in total. The van der Waals surface area contributed by atoms with Gasteiger partial charge in [-0.05, 0) is 30.2 Å². The molecular formula is C19H17Cl2N5O3S. The fourth-order valence-corrected chi connectivity index (χ4v) is 3.85. The first-order valence-electron chi connectivity index (χ1n) is 8.79. The summed E-state index contributed by atoms with van der Waals surface area (Å²) < 4.78 is 1.74. The molecule has 0 bridgehead atoms. The molecule has 156 valence electrons. The van der Waals surface area contributed by atoms with Crippen molar-refractivity contribution in [3.05, 3.63) is 75.6 Å². The van der Waals surface area contributed by atoms with Crippen molar-refractivity contribution in [3.63, 3.8) is 0 Å². The van der Waals surface area contributed by atoms with Crippen LogP contribution in [-0.4, -0.2) is 30.4 Å². The third-order valence-corrected chi connectivity index (χ3v) is 5.63. The lowest BCUT2D eigenvalue weighted by atomic mass is 10.1. The molecule has 3 aromatic rings. The smallest absolute Gasteiger partial charge is 0.269 e. The Labute approximate surface area is 186 Å². The van der Waals surface area contributed by atoms with Gasteiger partial charge >= 0.3 is 0 Å². The van der Waals surface area contributed by atoms with Crippen LogP contribution in [0.4, 0.5) is 5.69 Å². The maximum Gasteiger partial charge on any atom is 0.269 e. The highest BCUT2D eigenvalue weighted by molar-refractivity contribution is 7.98. The van der Waals surface area contributed by atoms with E-state index >= 15 is 0 Å². The van der Waals surface area contributed by atoms with Crippen LogP contribution >= 0.6 is 35.0 Å². The monoisotopic (exact) mass is 465 g/mol. The SMILES string of the molecule is Cc1ccccc1CSc1nnc(CNC(=O)C(Cl)Cl)n1-c1ccc([N+](=O)[O-])cc1. The van der Waals surface area contributed by atoms with Gasteiger partial charge in [0, 0.05) is 23.6 Å². The van der Waals surface area contributed by atoms with E-state index in [-0.39, 0.29) is 12.2 Å². The maximum absolute atomic E-state index is 11.7. The summed E-state index contributed by atoms with van der Waals surface area (Å²) >= 11 is 12.6. The Kier molecular flexibility index (Phi) is 7.30. The number of aromatic nitrogens is 3. The van der Waals surface area contributed by atoms with E-state index < -0.39 is 15.7 Å². The summed E-state index contributed by atoms with van der Waals surface area (Å²) in [6.07, 6.45) is 0. The number of non-ortho nitro benzene ring substituents is 1. The van der Waals surface area contributed by atoms with Crippen molar-refractivity contribution in [1.29, 1.82) is 0 Å². The first-order valence-corrected chi connectivity index (χ1v) is 10.6. The predicted octanol–water partition coefficient (Wildman–Crippen LogP) is 4.20. The molecule has 1 heterocycles. The number of aryl methyl sites for hydroxylation is 1. The number of rotatable bonds is 8. The fourth-order valence-electron chi connectivity index (χ4n) is 2.65. The van der Waals surface area contributed by atoms with E-state index in [4.69, 9.17) is 23.2 Å². The van der Waals surface area contributed by atoms with Crippen LogP contribution in [0.15, 0.2) is 53.7 Å². The summed E-state index contributed by atoms with van der Waals surface area (Å²) in [5, 5.41) is 22.6. The molecule has 0 radical (unpaired) electrons. The standard InChI is InChI=1S/C19H17Cl2N5O3S/c1-12-4-2-3-5-13(12)11-30-19-24-23-16(10-22-18(27)17(20)21)25(19)14-6-8-15(9-7-14)26(28)29/h2-9,17H,10-11H2,1H3,(H,22,27). The Hall–Kier alpha value is -2.62. The predicted molar refractivity (Wildman–Crippen MR) is 116 cm³/mol. The first kappa shape index (κ1) is 22.1. The molecule has 0 aliphatic rings. The van der Waals surface area contributed by atoms with Gasteiger partial charge in [0.25, 0.3) is 11.6 Å². The van der Waals surface area contributed by atoms with Crippen LogP contribution in [0.5, 0.6) is 0 Å². The van der Waals surface area contributed by atoms with Crippen LogP contribution in [-0.2, 0) is 17.1 Å². The Bertz CT molecular complexity index is 1060. The van der Waals surface area contributed by atoms with Crippen LogP contribution in [0.1, 0.15) is 17.0 Å². The second-order valence-electron chi connectivity index (χ2n) is 6.24. The highest BCUT2D eigenvalue weighted by Crippen LogP contribution is 2.27. The molecule has 11 heteroatoms. The van der Waals surface area contributed by atoms with Gasteiger partial charge in [0.05, 0.1) is 11.5 Å². The van der Waals surface area contributed by atoms with E-state index in [2.05, 4.69) is 15.5 Å². The highest BCUT2D eigenvalue weighted by atomic mass is 35.5. The summed E-state index contributed by atoms with van der Waals surface area (Å²) in [4.78, 5) is 21.0. The Morgan fingerprint density at radius 3 is 2.53 bits per heavy atom. The van der Waals surface area contributed by atoms with Crippen LogP contribution < -0.4 is 5.32 Å². The molecule has 0 fully saturated rings. The van der Waals surface area contributed by atoms with Crippen molar-refractivity contribution in [2.24, 2.45) is 0 Å². The Morgan fingerprint density at radius 1 is 1.20 bits per heavy atom. The lowest BCUT2D eigenvalue weighted by Gasteiger charge is -2.11. The van der Waals surface area contributed by atoms with Gasteiger partial charge < -0.3 is 5.32 Å². The summed E-state index contributed by atoms with van der Waals surface area (Å²) in [7, 11) is 0. The molecule has 0 aliphatic carbocycles. The number of halogens is 2. The lowest BCUT2D eigenvalue weighted by molar-refractivity contribution is -0.384. The van der Waals surface area contributed by atoms with E-state index in [0.29, 0.717) is 22.4 Å². The lowest BCUT2D eigenvalue weighted by Crippen LogP contribution is -2.29. The number of nitrogens with one attached hydrogen (secondary N) is 1. The molecule has 1 aromatic heterocycles. The van der Waals surface area contributed by atoms with Crippen molar-refractivity contribution in [3.8, 4) is 5.69 Å². The molecule has 2 aromatic carbocycles. The number of alkyl halides is 2. The van der Waals surface area contributed by atoms with E-state index in [1.54, 1.807) is 16.7 Å². The van der Waals surface area contributed by atoms with Crippen molar-refractivity contribution in [2.45, 2.75) is 29.2 Å². The largest absolute Gasteiger partial charge is 0.346 e. The Balaban J connectivity index is 1.90. The summed E-state index contributed by atoms with van der Waals surface area (Å²) in [6.45, 7) is 2.08. The summed E-state index contributed by atoms with van der Waals surface area (Å²) in [5.74, 6) is 0.555. The zero-order valence-electron chi connectivity index (χ0n) is 15.8. The number of benzene rings is 2. The van der Waals surface area contributed by atoms with E-state index in [1.807, 2.05) is 31.2 Å². The van der Waals surface area contributed by atoms with E-state index in [0.717, 1.165) is 11.1 Å². The van der Waals surface area contributed by atoms with Gasteiger partial charge in [-0.1, -0.05) is 59.2 Å². The molecule has 1 amide bonds. The van der Waals surface area contributed by atoms with Gasteiger partial charge in [-0.15, -0.1) is 10.2 Å². The number of amides is 1. The molecule has 0 unspecified atom stereocenters. The number of hydrogen-bond donors (Lipinski definition) is 1. The minimum atomic E-state index is -1.20. The van der Waals surface area contributed by atoms with Gasteiger partial charge in [0.2, 0.25) is 0 Å². The number of carbonyl (C=O) groups excluding carboxylic acids is 1. The number of nitro groups is 1. The molecule has 3 rings (SSSR count). The van der Waals surface area contributed by atoms with Crippen LogP contribution in [0.2, 0.25) is 0 Å². The molecule has 0 spiro atoms. The summed E-state index contributed by atoms with van der Waals surface area (Å²) in [5.41, 5.74) is 2.93. The average molecular weight is 466 g/mol. The fraction of sp³-hybridized carbons (Fsp3) is 0.211. The zero-order valence-corrected chi connectivity index (χ0v) is 18.1. The number of thioether (sulfide) groups is 1. The summed E-state index contributed by atoms with van der Waals surface area (Å²) in [6, 6.07) is 14.0. The third kappa shape index (κ3) is 5.29. The average Bonchev–Trinajstić information content (AvgIpc) is 3.14. The van der Waals surface area contributed by atoms with Crippen molar-refractivity contribution >= 4 is 46.6 Å². The van der Waals surface area contributed by atoms with Gasteiger partial charge in [0.1, 0.15) is 0 Å². The minimum absolute atomic E-state index is 0.0251. The topological polar surface area (TPSA) is 103 Å². The van der Waals surface area contributed by atoms with Gasteiger partial charge in [-0.2, -0.15) is 0 Å². The molecule has 1 N–H and O–H groups in total. The maximum atomic E-state index is 11.7. The normalized spacial score (nSPS) is 10.9. The number of nitrogens with zero attached hydrogens (tertiary/aromatic N) is 4. The Morgan fingerprint density at radius 2 is 1.90 bits per heavy atom. The van der Waals surface area contributed by atoms with Crippen molar-refractivity contribution < 1.29 is 9.72 Å². The van der Waals surface area contributed by atoms with Gasteiger partial charge in [0.15, 0.2) is 15.8 Å². The number of hydrogen-bond acceptors (Lipinski definition) is 6. The number of nitro benzene ring substituents is 1. The highest BCUT2D eigenvalue weighted by Gasteiger charge is 2.18. The quantitative estimate of drug-likeness (QED) is 0.231. The van der Waals surface area contributed by atoms with Gasteiger partial charge in [-0.25, -0.2) is 0 Å². The molecule has 30 heavy (non-hydrogen) atoms. The van der Waals surface area contributed by atoms with Crippen LogP contribution in [0.3, 0.4) is 0 Å². The van der Waals surface area contributed by atoms with Gasteiger partial charge in [-0.3, -0.25) is 19.5 Å². The van der Waals surface area contributed by atoms with Crippen LogP contribution in [0.25, 0.3) is 5.69 Å². The zero-order chi connectivity index (χ0) is 21.7. The first-order chi connectivity index (χ1) is 14.4. The molecule has 0 saturated carbocycles. The van der Waals surface area contributed by atoms with Crippen molar-refractivity contribution in [1.82, 2.24) is 20.1 Å². The van der Waals surface area contributed by atoms with Crippen LogP contribution in [0, 0.1) is 17.0 Å². The molecule has 0 atom stereocenters. The second kappa shape index (κ2) is 9.92. The number of carbonyl (C=O) groups is 1. The molecular weight excluding hydrogens is 449 g/mol. The minimum Gasteiger partial charge on any atom is -0.346 e. The van der Waals surface area contributed by atoms with E-state index in [1.165, 1.54) is 23.9 Å². The molecule has 0 aliphatic heterocycles. The van der Waals surface area contributed by atoms with Crippen molar-refractivity contribution in [2.75, 3.05) is 0 Å². The third-order valence-electron chi connectivity index (χ3n) is 4.26. The molecule has 0 saturated heterocycles. The van der Waals surface area contributed by atoms with E-state index in [9.17, 15) is 14.9 Å². The second-order valence-corrected chi connectivity index (χ2v) is 8.28.